The molecule has 0 fully saturated rings. The third kappa shape index (κ3) is 6.15. The van der Waals surface area contributed by atoms with Crippen LogP contribution in [0, 0.1) is 5.82 Å². The zero-order valence-corrected chi connectivity index (χ0v) is 17.8. The van der Waals surface area contributed by atoms with E-state index in [1.807, 2.05) is 30.3 Å². The van der Waals surface area contributed by atoms with Crippen LogP contribution in [0.15, 0.2) is 78.0 Å². The van der Waals surface area contributed by atoms with E-state index in [1.54, 1.807) is 18.2 Å². The van der Waals surface area contributed by atoms with Crippen molar-refractivity contribution in [3.63, 3.8) is 0 Å². The molecule has 31 heavy (non-hydrogen) atoms. The smallest absolute Gasteiger partial charge is 0.365 e. The number of ether oxygens (including phenoxy) is 1. The largest absolute Gasteiger partial charge is 0.489 e. The number of nitrogens with zero attached hydrogens (tertiary/aromatic N) is 1. The van der Waals surface area contributed by atoms with Crippen LogP contribution >= 0.6 is 0 Å². The second-order valence-electron chi connectivity index (χ2n) is 8.13. The van der Waals surface area contributed by atoms with Gasteiger partial charge in [0, 0.05) is 5.56 Å². The van der Waals surface area contributed by atoms with E-state index in [1.165, 1.54) is 29.8 Å². The standard InChI is InChI=1S/C25H25FN2O3/c1-25(2,3)20-9-13-22(14-10-20)30-16-17-5-4-6-19(15-17)24(29)31-28-23(27)18-7-11-21(26)12-8-18/h4-15H,16H2,1-3H3,(H2,27,28). The molecule has 0 saturated heterocycles. The van der Waals surface area contributed by atoms with Crippen LogP contribution in [0.25, 0.3) is 0 Å². The Labute approximate surface area is 181 Å². The van der Waals surface area contributed by atoms with Crippen LogP contribution in [0.4, 0.5) is 4.39 Å². The Hall–Kier alpha value is -3.67. The molecule has 3 aromatic rings. The lowest BCUT2D eigenvalue weighted by molar-refractivity contribution is 0.0516. The second kappa shape index (κ2) is 9.43. The Kier molecular flexibility index (Phi) is 6.70. The molecule has 0 aromatic heterocycles. The summed E-state index contributed by atoms with van der Waals surface area (Å²) in [6, 6.07) is 20.3. The first kappa shape index (κ1) is 22.0. The van der Waals surface area contributed by atoms with E-state index in [9.17, 15) is 9.18 Å². The van der Waals surface area contributed by atoms with Crippen molar-refractivity contribution in [2.24, 2.45) is 10.9 Å². The first-order valence-electron chi connectivity index (χ1n) is 9.85. The molecule has 0 atom stereocenters. The van der Waals surface area contributed by atoms with Gasteiger partial charge in [-0.2, -0.15) is 0 Å². The summed E-state index contributed by atoms with van der Waals surface area (Å²) in [6.45, 7) is 6.78. The topological polar surface area (TPSA) is 73.9 Å². The van der Waals surface area contributed by atoms with Gasteiger partial charge in [-0.1, -0.05) is 50.2 Å². The zero-order chi connectivity index (χ0) is 22.4. The minimum Gasteiger partial charge on any atom is -0.489 e. The van der Waals surface area contributed by atoms with Crippen LogP contribution in [0.5, 0.6) is 5.75 Å². The Bertz CT molecular complexity index is 1070. The van der Waals surface area contributed by atoms with Crippen LogP contribution in [-0.4, -0.2) is 11.8 Å². The average Bonchev–Trinajstić information content (AvgIpc) is 2.76. The maximum atomic E-state index is 13.0. The van der Waals surface area contributed by atoms with E-state index >= 15 is 0 Å². The Morgan fingerprint density at radius 3 is 2.29 bits per heavy atom. The maximum Gasteiger partial charge on any atom is 0.365 e. The fourth-order valence-electron chi connectivity index (χ4n) is 2.82. The summed E-state index contributed by atoms with van der Waals surface area (Å²) >= 11 is 0. The summed E-state index contributed by atoms with van der Waals surface area (Å²) < 4.78 is 18.8. The number of halogens is 1. The molecule has 0 spiro atoms. The monoisotopic (exact) mass is 420 g/mol. The van der Waals surface area contributed by atoms with E-state index in [4.69, 9.17) is 15.3 Å². The quantitative estimate of drug-likeness (QED) is 0.258. The molecule has 0 aliphatic heterocycles. The molecule has 6 heteroatoms. The van der Waals surface area contributed by atoms with E-state index in [2.05, 4.69) is 25.9 Å². The van der Waals surface area contributed by atoms with Gasteiger partial charge in [-0.05, 0) is 65.1 Å². The molecule has 0 unspecified atom stereocenters. The number of amidine groups is 1. The molecular formula is C25H25FN2O3. The molecule has 0 amide bonds. The fourth-order valence-corrected chi connectivity index (χ4v) is 2.82. The summed E-state index contributed by atoms with van der Waals surface area (Å²) in [5, 5.41) is 3.64. The number of hydrogen-bond acceptors (Lipinski definition) is 4. The summed E-state index contributed by atoms with van der Waals surface area (Å²) in [4.78, 5) is 17.2. The van der Waals surface area contributed by atoms with Gasteiger partial charge >= 0.3 is 5.97 Å². The minimum absolute atomic E-state index is 0.0217. The maximum absolute atomic E-state index is 13.0. The molecule has 0 aliphatic carbocycles. The third-order valence-corrected chi connectivity index (χ3v) is 4.66. The zero-order valence-electron chi connectivity index (χ0n) is 17.8. The highest BCUT2D eigenvalue weighted by molar-refractivity contribution is 5.98. The average molecular weight is 420 g/mol. The third-order valence-electron chi connectivity index (χ3n) is 4.66. The molecule has 0 bridgehead atoms. The van der Waals surface area contributed by atoms with E-state index in [0.29, 0.717) is 17.7 Å². The molecule has 0 aliphatic rings. The highest BCUT2D eigenvalue weighted by Crippen LogP contribution is 2.24. The lowest BCUT2D eigenvalue weighted by Crippen LogP contribution is -2.15. The van der Waals surface area contributed by atoms with E-state index < -0.39 is 11.8 Å². The lowest BCUT2D eigenvalue weighted by Gasteiger charge is -2.19. The van der Waals surface area contributed by atoms with Crippen LogP contribution in [0.1, 0.15) is 47.8 Å². The molecule has 160 valence electrons. The fraction of sp³-hybridized carbons (Fsp3) is 0.200. The number of carbonyl (C=O) groups excluding carboxylic acids is 1. The molecule has 0 heterocycles. The first-order chi connectivity index (χ1) is 14.7. The predicted octanol–water partition coefficient (Wildman–Crippen LogP) is 5.18. The number of nitrogens with two attached hydrogens (primary N) is 1. The van der Waals surface area contributed by atoms with Gasteiger partial charge in [0.05, 0.1) is 5.56 Å². The summed E-state index contributed by atoms with van der Waals surface area (Å²) in [7, 11) is 0. The van der Waals surface area contributed by atoms with Crippen molar-refractivity contribution in [2.75, 3.05) is 0 Å². The molecule has 2 N–H and O–H groups in total. The number of carbonyl (C=O) groups is 1. The number of benzene rings is 3. The molecular weight excluding hydrogens is 395 g/mol. The number of oxime groups is 1. The van der Waals surface area contributed by atoms with Crippen molar-refractivity contribution in [3.8, 4) is 5.75 Å². The van der Waals surface area contributed by atoms with Gasteiger partial charge in [-0.25, -0.2) is 9.18 Å². The van der Waals surface area contributed by atoms with Crippen molar-refractivity contribution >= 4 is 11.8 Å². The van der Waals surface area contributed by atoms with Crippen LogP contribution < -0.4 is 10.5 Å². The Balaban J connectivity index is 1.61. The van der Waals surface area contributed by atoms with Gasteiger partial charge in [-0.15, -0.1) is 0 Å². The molecule has 0 radical (unpaired) electrons. The van der Waals surface area contributed by atoms with Crippen molar-refractivity contribution in [1.29, 1.82) is 0 Å². The molecule has 3 aromatic carbocycles. The Morgan fingerprint density at radius 2 is 1.65 bits per heavy atom. The lowest BCUT2D eigenvalue weighted by atomic mass is 9.87. The van der Waals surface area contributed by atoms with E-state index in [-0.39, 0.29) is 11.3 Å². The molecule has 0 saturated carbocycles. The van der Waals surface area contributed by atoms with Gasteiger partial charge < -0.3 is 15.3 Å². The van der Waals surface area contributed by atoms with Gasteiger partial charge in [0.25, 0.3) is 0 Å². The SMILES string of the molecule is CC(C)(C)c1ccc(OCc2cccc(C(=O)O/N=C(\N)c3ccc(F)cc3)c2)cc1. The number of hydrogen-bond donors (Lipinski definition) is 1. The molecule has 5 nitrogen and oxygen atoms in total. The van der Waals surface area contributed by atoms with Crippen LogP contribution in [0.2, 0.25) is 0 Å². The number of rotatable bonds is 6. The highest BCUT2D eigenvalue weighted by atomic mass is 19.1. The highest BCUT2D eigenvalue weighted by Gasteiger charge is 2.13. The van der Waals surface area contributed by atoms with E-state index in [0.717, 1.165) is 11.3 Å². The van der Waals surface area contributed by atoms with Gasteiger partial charge in [-0.3, -0.25) is 0 Å². The second-order valence-corrected chi connectivity index (χ2v) is 8.13. The van der Waals surface area contributed by atoms with Crippen molar-refractivity contribution < 1.29 is 18.8 Å². The summed E-state index contributed by atoms with van der Waals surface area (Å²) in [5.74, 6) is -0.316. The molecule has 3 rings (SSSR count). The summed E-state index contributed by atoms with van der Waals surface area (Å²) in [6.07, 6.45) is 0. The van der Waals surface area contributed by atoms with Gasteiger partial charge in [0.1, 0.15) is 18.2 Å². The van der Waals surface area contributed by atoms with Crippen LogP contribution in [-0.2, 0) is 16.9 Å². The van der Waals surface area contributed by atoms with Crippen LogP contribution in [0.3, 0.4) is 0 Å². The van der Waals surface area contributed by atoms with Crippen molar-refractivity contribution in [1.82, 2.24) is 0 Å². The van der Waals surface area contributed by atoms with Crippen molar-refractivity contribution in [3.05, 3.63) is 101 Å². The van der Waals surface area contributed by atoms with Crippen molar-refractivity contribution in [2.45, 2.75) is 32.8 Å². The first-order valence-corrected chi connectivity index (χ1v) is 9.85. The Morgan fingerprint density at radius 1 is 0.968 bits per heavy atom. The normalized spacial score (nSPS) is 11.8. The van der Waals surface area contributed by atoms with Gasteiger partial charge in [0.2, 0.25) is 0 Å². The predicted molar refractivity (Wildman–Crippen MR) is 118 cm³/mol. The van der Waals surface area contributed by atoms with Gasteiger partial charge in [0.15, 0.2) is 5.84 Å². The minimum atomic E-state index is -0.651. The summed E-state index contributed by atoms with van der Waals surface area (Å²) in [5.41, 5.74) is 8.67.